The van der Waals surface area contributed by atoms with Crippen molar-refractivity contribution in [1.29, 1.82) is 0 Å². The van der Waals surface area contributed by atoms with Crippen molar-refractivity contribution in [2.45, 2.75) is 25.4 Å². The van der Waals surface area contributed by atoms with Gasteiger partial charge in [0.1, 0.15) is 5.82 Å². The fraction of sp³-hybridized carbons (Fsp3) is 0.647. The SMILES string of the molecule is CN(C)c1nsc(N2CCC3(CC2)CC(O)CN(c2cnccn2)C3)n1. The zero-order valence-electron chi connectivity index (χ0n) is 15.2. The first-order chi connectivity index (χ1) is 12.5. The van der Waals surface area contributed by atoms with Gasteiger partial charge in [-0.25, -0.2) is 4.98 Å². The van der Waals surface area contributed by atoms with Gasteiger partial charge in [0.05, 0.1) is 12.3 Å². The van der Waals surface area contributed by atoms with E-state index in [9.17, 15) is 5.11 Å². The molecule has 1 unspecified atom stereocenters. The molecule has 8 nitrogen and oxygen atoms in total. The van der Waals surface area contributed by atoms with Crippen molar-refractivity contribution in [1.82, 2.24) is 19.3 Å². The van der Waals surface area contributed by atoms with Crippen LogP contribution in [0, 0.1) is 5.41 Å². The molecule has 0 aliphatic carbocycles. The molecular weight excluding hydrogens is 350 g/mol. The highest BCUT2D eigenvalue weighted by molar-refractivity contribution is 7.09. The molecule has 2 aromatic rings. The Hall–Kier alpha value is -2.00. The Balaban J connectivity index is 1.45. The average molecular weight is 376 g/mol. The van der Waals surface area contributed by atoms with E-state index in [0.29, 0.717) is 6.54 Å². The van der Waals surface area contributed by atoms with E-state index < -0.39 is 0 Å². The van der Waals surface area contributed by atoms with Gasteiger partial charge in [0, 0.05) is 64.2 Å². The fourth-order valence-corrected chi connectivity index (χ4v) is 4.82. The summed E-state index contributed by atoms with van der Waals surface area (Å²) < 4.78 is 4.41. The summed E-state index contributed by atoms with van der Waals surface area (Å²) in [4.78, 5) is 19.7. The molecule has 1 N–H and O–H groups in total. The van der Waals surface area contributed by atoms with Crippen molar-refractivity contribution in [3.8, 4) is 0 Å². The Bertz CT molecular complexity index is 730. The molecular formula is C17H25N7OS. The van der Waals surface area contributed by atoms with Gasteiger partial charge in [-0.15, -0.1) is 0 Å². The Morgan fingerprint density at radius 1 is 1.23 bits per heavy atom. The fourth-order valence-electron chi connectivity index (χ4n) is 4.03. The number of rotatable bonds is 3. The van der Waals surface area contributed by atoms with Gasteiger partial charge in [0.15, 0.2) is 0 Å². The van der Waals surface area contributed by atoms with Crippen molar-refractivity contribution in [3.63, 3.8) is 0 Å². The van der Waals surface area contributed by atoms with Crippen LogP contribution in [0.5, 0.6) is 0 Å². The monoisotopic (exact) mass is 375 g/mol. The van der Waals surface area contributed by atoms with Crippen LogP contribution in [0.15, 0.2) is 18.6 Å². The third-order valence-electron chi connectivity index (χ3n) is 5.40. The Labute approximate surface area is 157 Å². The summed E-state index contributed by atoms with van der Waals surface area (Å²) in [5.74, 6) is 1.63. The molecule has 0 radical (unpaired) electrons. The minimum absolute atomic E-state index is 0.126. The Morgan fingerprint density at radius 2 is 2.04 bits per heavy atom. The first-order valence-electron chi connectivity index (χ1n) is 9.00. The first-order valence-corrected chi connectivity index (χ1v) is 9.77. The molecule has 0 aromatic carbocycles. The molecule has 2 saturated heterocycles. The number of anilines is 3. The average Bonchev–Trinajstić information content (AvgIpc) is 3.13. The number of aromatic nitrogens is 4. The number of piperidine rings is 2. The molecule has 1 atom stereocenters. The third kappa shape index (κ3) is 3.45. The summed E-state index contributed by atoms with van der Waals surface area (Å²) in [6.07, 6.45) is 7.79. The largest absolute Gasteiger partial charge is 0.391 e. The van der Waals surface area contributed by atoms with Gasteiger partial charge in [0.25, 0.3) is 0 Å². The number of hydrogen-bond acceptors (Lipinski definition) is 9. The van der Waals surface area contributed by atoms with E-state index in [-0.39, 0.29) is 11.5 Å². The van der Waals surface area contributed by atoms with Gasteiger partial charge in [-0.1, -0.05) is 0 Å². The van der Waals surface area contributed by atoms with Crippen LogP contribution in [0.2, 0.25) is 0 Å². The van der Waals surface area contributed by atoms with E-state index in [4.69, 9.17) is 0 Å². The van der Waals surface area contributed by atoms with Gasteiger partial charge in [0.2, 0.25) is 11.1 Å². The molecule has 4 heterocycles. The Morgan fingerprint density at radius 3 is 2.69 bits per heavy atom. The van der Waals surface area contributed by atoms with E-state index in [2.05, 4.69) is 29.1 Å². The lowest BCUT2D eigenvalue weighted by atomic mass is 9.71. The highest BCUT2D eigenvalue weighted by Gasteiger charge is 2.42. The molecule has 2 aromatic heterocycles. The van der Waals surface area contributed by atoms with Crippen LogP contribution in [0.25, 0.3) is 0 Å². The van der Waals surface area contributed by atoms with Crippen LogP contribution in [0.3, 0.4) is 0 Å². The second-order valence-corrected chi connectivity index (χ2v) is 8.29. The van der Waals surface area contributed by atoms with E-state index in [0.717, 1.165) is 55.8 Å². The second-order valence-electron chi connectivity index (χ2n) is 7.56. The van der Waals surface area contributed by atoms with Crippen LogP contribution in [0.4, 0.5) is 16.9 Å². The predicted octanol–water partition coefficient (Wildman–Crippen LogP) is 1.25. The Kier molecular flexibility index (Phi) is 4.66. The first kappa shape index (κ1) is 17.4. The van der Waals surface area contributed by atoms with E-state index in [1.165, 1.54) is 11.5 Å². The zero-order chi connectivity index (χ0) is 18.1. The topological polar surface area (TPSA) is 81.5 Å². The maximum absolute atomic E-state index is 10.5. The van der Waals surface area contributed by atoms with Crippen molar-refractivity contribution < 1.29 is 5.11 Å². The van der Waals surface area contributed by atoms with Crippen LogP contribution < -0.4 is 14.7 Å². The van der Waals surface area contributed by atoms with Crippen molar-refractivity contribution in [2.75, 3.05) is 55.0 Å². The number of hydrogen-bond donors (Lipinski definition) is 1. The molecule has 26 heavy (non-hydrogen) atoms. The van der Waals surface area contributed by atoms with Crippen LogP contribution >= 0.6 is 11.5 Å². The highest BCUT2D eigenvalue weighted by Crippen LogP contribution is 2.42. The highest BCUT2D eigenvalue weighted by atomic mass is 32.1. The van der Waals surface area contributed by atoms with E-state index in [1.54, 1.807) is 18.6 Å². The molecule has 0 bridgehead atoms. The summed E-state index contributed by atoms with van der Waals surface area (Å²) in [5, 5.41) is 11.5. The lowest BCUT2D eigenvalue weighted by molar-refractivity contribution is 0.0595. The predicted molar refractivity (Wildman–Crippen MR) is 103 cm³/mol. The van der Waals surface area contributed by atoms with Crippen molar-refractivity contribution >= 4 is 28.4 Å². The van der Waals surface area contributed by atoms with Gasteiger partial charge in [-0.2, -0.15) is 9.36 Å². The number of aliphatic hydroxyl groups is 1. The third-order valence-corrected chi connectivity index (χ3v) is 6.17. The molecule has 140 valence electrons. The van der Waals surface area contributed by atoms with Crippen LogP contribution in [-0.4, -0.2) is 70.8 Å². The van der Waals surface area contributed by atoms with E-state index in [1.807, 2.05) is 19.0 Å². The number of aliphatic hydroxyl groups excluding tert-OH is 1. The quantitative estimate of drug-likeness (QED) is 0.858. The minimum Gasteiger partial charge on any atom is -0.391 e. The lowest BCUT2D eigenvalue weighted by Gasteiger charge is -2.49. The summed E-state index contributed by atoms with van der Waals surface area (Å²) in [6.45, 7) is 3.45. The molecule has 2 fully saturated rings. The molecule has 2 aliphatic rings. The summed E-state index contributed by atoms with van der Waals surface area (Å²) in [6, 6.07) is 0. The maximum atomic E-state index is 10.5. The normalized spacial score (nSPS) is 22.7. The van der Waals surface area contributed by atoms with Crippen molar-refractivity contribution in [3.05, 3.63) is 18.6 Å². The minimum atomic E-state index is -0.320. The molecule has 9 heteroatoms. The smallest absolute Gasteiger partial charge is 0.238 e. The number of nitrogens with zero attached hydrogens (tertiary/aromatic N) is 7. The summed E-state index contributed by atoms with van der Waals surface area (Å²) in [7, 11) is 3.92. The molecule has 2 aliphatic heterocycles. The van der Waals surface area contributed by atoms with Gasteiger partial charge in [-0.05, 0) is 24.7 Å². The van der Waals surface area contributed by atoms with Gasteiger partial charge < -0.3 is 19.8 Å². The molecule has 1 spiro atoms. The van der Waals surface area contributed by atoms with Crippen LogP contribution in [0.1, 0.15) is 19.3 Å². The number of β-amino-alcohol motifs (C(OH)–C–C–N with tert-alkyl or cyclic N) is 1. The summed E-state index contributed by atoms with van der Waals surface area (Å²) in [5.41, 5.74) is 0.126. The van der Waals surface area contributed by atoms with Gasteiger partial charge >= 0.3 is 0 Å². The molecule has 0 saturated carbocycles. The van der Waals surface area contributed by atoms with Crippen LogP contribution in [-0.2, 0) is 0 Å². The van der Waals surface area contributed by atoms with Gasteiger partial charge in [-0.3, -0.25) is 4.98 Å². The molecule has 4 rings (SSSR count). The standard InChI is InChI=1S/C17H25N7OS/c1-22(2)15-20-16(26-21-15)23-7-3-17(4-8-23)9-13(25)11-24(12-17)14-10-18-5-6-19-14/h5-6,10,13,25H,3-4,7-9,11-12H2,1-2H3. The van der Waals surface area contributed by atoms with E-state index >= 15 is 0 Å². The molecule has 0 amide bonds. The zero-order valence-corrected chi connectivity index (χ0v) is 16.1. The summed E-state index contributed by atoms with van der Waals surface area (Å²) >= 11 is 1.46. The van der Waals surface area contributed by atoms with Crippen molar-refractivity contribution in [2.24, 2.45) is 5.41 Å². The second kappa shape index (κ2) is 6.96. The lowest BCUT2D eigenvalue weighted by Crippen LogP contribution is -2.54. The maximum Gasteiger partial charge on any atom is 0.238 e.